The Bertz CT molecular complexity index is 1760. The van der Waals surface area contributed by atoms with Gasteiger partial charge in [-0.05, 0) is 72.0 Å². The minimum atomic E-state index is -4.80. The summed E-state index contributed by atoms with van der Waals surface area (Å²) in [6.45, 7) is 5.82. The van der Waals surface area contributed by atoms with Crippen LogP contribution in [-0.2, 0) is 11.4 Å². The second kappa shape index (κ2) is 13.0. The van der Waals surface area contributed by atoms with E-state index in [1.54, 1.807) is 0 Å². The number of rotatable bonds is 8. The van der Waals surface area contributed by atoms with E-state index in [0.29, 0.717) is 16.9 Å². The normalized spacial score (nSPS) is 14.4. The number of halogens is 4. The number of carbonyl (C=O) groups excluding carboxylic acids is 2. The summed E-state index contributed by atoms with van der Waals surface area (Å²) in [4.78, 5) is 35.0. The molecule has 2 heterocycles. The molecule has 45 heavy (non-hydrogen) atoms. The number of benzene rings is 3. The molecule has 15 heteroatoms. The predicted molar refractivity (Wildman–Crippen MR) is 160 cm³/mol. The van der Waals surface area contributed by atoms with Gasteiger partial charge in [-0.3, -0.25) is 9.69 Å². The molecule has 5 rings (SSSR count). The number of urea groups is 1. The molecule has 0 aliphatic carbocycles. The van der Waals surface area contributed by atoms with E-state index in [4.69, 9.17) is 4.74 Å². The SMILES string of the molecule is Cc1ccc(C(C)C)c(N2C(=O)CS/C2=N\C(=O)Nc2ccc(COc3ncn(-c4ccc(OC(F)(F)F)cc4)n3)cc2F)c1. The number of alkyl halides is 3. The van der Waals surface area contributed by atoms with Crippen molar-refractivity contribution in [1.82, 2.24) is 14.8 Å². The van der Waals surface area contributed by atoms with Crippen molar-refractivity contribution in [2.75, 3.05) is 16.0 Å². The molecular formula is C30H26F4N6O4S. The van der Waals surface area contributed by atoms with Crippen molar-refractivity contribution in [2.24, 2.45) is 4.99 Å². The maximum absolute atomic E-state index is 14.9. The molecule has 10 nitrogen and oxygen atoms in total. The monoisotopic (exact) mass is 642 g/mol. The molecule has 1 aliphatic rings. The molecule has 1 saturated heterocycles. The zero-order valence-electron chi connectivity index (χ0n) is 24.1. The van der Waals surface area contributed by atoms with E-state index in [9.17, 15) is 27.2 Å². The molecule has 0 bridgehead atoms. The summed E-state index contributed by atoms with van der Waals surface area (Å²) in [5.41, 5.74) is 3.24. The fraction of sp³-hybridized carbons (Fsp3) is 0.233. The van der Waals surface area contributed by atoms with E-state index in [0.717, 1.165) is 35.0 Å². The first-order valence-electron chi connectivity index (χ1n) is 13.5. The van der Waals surface area contributed by atoms with Crippen molar-refractivity contribution < 1.29 is 36.6 Å². The number of ether oxygens (including phenoxy) is 2. The van der Waals surface area contributed by atoms with Gasteiger partial charge < -0.3 is 14.8 Å². The van der Waals surface area contributed by atoms with Gasteiger partial charge in [0.15, 0.2) is 5.17 Å². The molecule has 3 amide bonds. The summed E-state index contributed by atoms with van der Waals surface area (Å²) in [6.07, 6.45) is -3.50. The third-order valence-corrected chi connectivity index (χ3v) is 7.38. The lowest BCUT2D eigenvalue weighted by Crippen LogP contribution is -2.31. The van der Waals surface area contributed by atoms with E-state index < -0.39 is 18.2 Å². The van der Waals surface area contributed by atoms with Gasteiger partial charge in [0.2, 0.25) is 5.91 Å². The van der Waals surface area contributed by atoms with E-state index in [1.807, 2.05) is 39.0 Å². The number of thioether (sulfide) groups is 1. The summed E-state index contributed by atoms with van der Waals surface area (Å²) in [6, 6.07) is 13.9. The second-order valence-electron chi connectivity index (χ2n) is 10.2. The average molecular weight is 643 g/mol. The van der Waals surface area contributed by atoms with Crippen LogP contribution in [0.3, 0.4) is 0 Å². The molecule has 0 saturated carbocycles. The number of amidine groups is 1. The van der Waals surface area contributed by atoms with Gasteiger partial charge in [-0.15, -0.1) is 18.3 Å². The molecule has 1 fully saturated rings. The maximum Gasteiger partial charge on any atom is 0.573 e. The number of hydrogen-bond donors (Lipinski definition) is 1. The Hall–Kier alpha value is -4.92. The topological polar surface area (TPSA) is 111 Å². The summed E-state index contributed by atoms with van der Waals surface area (Å²) in [5, 5.41) is 6.73. The Morgan fingerprint density at radius 2 is 1.87 bits per heavy atom. The van der Waals surface area contributed by atoms with Crippen molar-refractivity contribution in [3.8, 4) is 17.4 Å². The van der Waals surface area contributed by atoms with Crippen LogP contribution in [0.1, 0.15) is 36.5 Å². The number of aromatic nitrogens is 3. The quantitative estimate of drug-likeness (QED) is 0.207. The van der Waals surface area contributed by atoms with Crippen molar-refractivity contribution >= 4 is 40.2 Å². The molecule has 1 aliphatic heterocycles. The highest BCUT2D eigenvalue weighted by Gasteiger charge is 2.33. The maximum atomic E-state index is 14.9. The Labute approximate surface area is 259 Å². The van der Waals surface area contributed by atoms with Gasteiger partial charge in [0.05, 0.1) is 22.8 Å². The number of carbonyl (C=O) groups is 2. The Balaban J connectivity index is 1.21. The smallest absolute Gasteiger partial charge is 0.458 e. The highest BCUT2D eigenvalue weighted by molar-refractivity contribution is 8.15. The van der Waals surface area contributed by atoms with Gasteiger partial charge in [-0.1, -0.05) is 43.8 Å². The largest absolute Gasteiger partial charge is 0.573 e. The van der Waals surface area contributed by atoms with E-state index in [-0.39, 0.29) is 46.8 Å². The molecular weight excluding hydrogens is 616 g/mol. The fourth-order valence-electron chi connectivity index (χ4n) is 4.38. The first kappa shape index (κ1) is 31.5. The molecule has 1 aromatic heterocycles. The molecule has 0 unspecified atom stereocenters. The van der Waals surface area contributed by atoms with Gasteiger partial charge in [0.25, 0.3) is 0 Å². The fourth-order valence-corrected chi connectivity index (χ4v) is 5.24. The third-order valence-electron chi connectivity index (χ3n) is 6.46. The van der Waals surface area contributed by atoms with Crippen LogP contribution in [0.2, 0.25) is 0 Å². The molecule has 0 spiro atoms. The molecule has 4 aromatic rings. The summed E-state index contributed by atoms with van der Waals surface area (Å²) in [7, 11) is 0. The zero-order chi connectivity index (χ0) is 32.3. The van der Waals surface area contributed by atoms with Crippen LogP contribution in [0.15, 0.2) is 72.0 Å². The van der Waals surface area contributed by atoms with Gasteiger partial charge in [0.1, 0.15) is 24.5 Å². The summed E-state index contributed by atoms with van der Waals surface area (Å²) < 4.78 is 62.6. The number of nitrogens with one attached hydrogen (secondary N) is 1. The minimum absolute atomic E-state index is 0.0540. The third kappa shape index (κ3) is 7.78. The summed E-state index contributed by atoms with van der Waals surface area (Å²) in [5.74, 6) is -1.08. The van der Waals surface area contributed by atoms with Crippen molar-refractivity contribution in [3.63, 3.8) is 0 Å². The number of aryl methyl sites for hydroxylation is 1. The van der Waals surface area contributed by atoms with Crippen LogP contribution in [-0.4, -0.2) is 44.0 Å². The number of aliphatic imine (C=N–C) groups is 1. The van der Waals surface area contributed by atoms with Crippen LogP contribution >= 0.6 is 11.8 Å². The first-order valence-corrected chi connectivity index (χ1v) is 14.5. The van der Waals surface area contributed by atoms with Gasteiger partial charge in [-0.25, -0.2) is 13.9 Å². The second-order valence-corrected chi connectivity index (χ2v) is 11.1. The zero-order valence-corrected chi connectivity index (χ0v) is 24.9. The number of nitrogens with zero attached hydrogens (tertiary/aromatic N) is 5. The molecule has 3 aromatic carbocycles. The highest BCUT2D eigenvalue weighted by atomic mass is 32.2. The van der Waals surface area contributed by atoms with Gasteiger partial charge in [-0.2, -0.15) is 9.98 Å². The standard InChI is InChI=1S/C30H26F4N6O4S/c1-17(2)22-10-4-18(3)12-25(22)40-26(41)15-45-29(40)37-27(42)36-24-11-5-19(13-23(24)31)14-43-28-35-16-39(38-28)20-6-8-21(9-7-20)44-30(32,33)34/h4-13,16-17H,14-15H2,1-3H3,(H,36,42)/b37-29-. The van der Waals surface area contributed by atoms with Gasteiger partial charge in [0, 0.05) is 0 Å². The number of hydrogen-bond acceptors (Lipinski definition) is 7. The molecule has 1 N–H and O–H groups in total. The highest BCUT2D eigenvalue weighted by Crippen LogP contribution is 2.34. The van der Waals surface area contributed by atoms with Crippen LogP contribution in [0, 0.1) is 12.7 Å². The van der Waals surface area contributed by atoms with Crippen LogP contribution < -0.4 is 19.7 Å². The number of amides is 3. The lowest BCUT2D eigenvalue weighted by Gasteiger charge is -2.22. The van der Waals surface area contributed by atoms with Crippen molar-refractivity contribution in [3.05, 3.63) is 89.5 Å². The summed E-state index contributed by atoms with van der Waals surface area (Å²) >= 11 is 1.13. The van der Waals surface area contributed by atoms with Gasteiger partial charge >= 0.3 is 18.4 Å². The van der Waals surface area contributed by atoms with Crippen LogP contribution in [0.25, 0.3) is 5.69 Å². The van der Waals surface area contributed by atoms with Crippen LogP contribution in [0.5, 0.6) is 11.8 Å². The first-order chi connectivity index (χ1) is 21.4. The van der Waals surface area contributed by atoms with E-state index in [1.165, 1.54) is 46.2 Å². The minimum Gasteiger partial charge on any atom is -0.458 e. The van der Waals surface area contributed by atoms with Crippen molar-refractivity contribution in [2.45, 2.75) is 39.7 Å². The Morgan fingerprint density at radius 3 is 2.56 bits per heavy atom. The molecule has 234 valence electrons. The Kier molecular flexibility index (Phi) is 9.09. The molecule has 0 radical (unpaired) electrons. The van der Waals surface area contributed by atoms with Crippen molar-refractivity contribution in [1.29, 1.82) is 0 Å². The average Bonchev–Trinajstić information content (AvgIpc) is 3.59. The van der Waals surface area contributed by atoms with E-state index in [2.05, 4.69) is 25.1 Å². The Morgan fingerprint density at radius 1 is 1.11 bits per heavy atom. The number of anilines is 2. The predicted octanol–water partition coefficient (Wildman–Crippen LogP) is 6.98. The van der Waals surface area contributed by atoms with Crippen LogP contribution in [0.4, 0.5) is 33.7 Å². The van der Waals surface area contributed by atoms with E-state index >= 15 is 0 Å². The lowest BCUT2D eigenvalue weighted by molar-refractivity contribution is -0.274. The lowest BCUT2D eigenvalue weighted by atomic mass is 9.99. The molecule has 0 atom stereocenters.